The first-order chi connectivity index (χ1) is 14.1. The third kappa shape index (κ3) is 4.38. The Morgan fingerprint density at radius 3 is 2.45 bits per heavy atom. The SMILES string of the molecule is Cc1cc(N[C@H]2CC[C@@H](NC(=O)c3ccc(C#N)cc3)CC2)nc2ccccc12. The number of aryl methyl sites for hydroxylation is 1. The number of benzene rings is 2. The number of anilines is 1. The van der Waals surface area contributed by atoms with Gasteiger partial charge in [0.2, 0.25) is 0 Å². The third-order valence-electron chi connectivity index (χ3n) is 5.61. The van der Waals surface area contributed by atoms with Crippen molar-refractivity contribution >= 4 is 22.6 Å². The van der Waals surface area contributed by atoms with Gasteiger partial charge in [0.05, 0.1) is 17.1 Å². The quantitative estimate of drug-likeness (QED) is 0.691. The highest BCUT2D eigenvalue weighted by molar-refractivity contribution is 5.94. The van der Waals surface area contributed by atoms with E-state index in [4.69, 9.17) is 10.2 Å². The molecule has 1 aliphatic carbocycles. The molecule has 0 spiro atoms. The fourth-order valence-corrected chi connectivity index (χ4v) is 3.98. The van der Waals surface area contributed by atoms with Crippen LogP contribution in [0, 0.1) is 18.3 Å². The highest BCUT2D eigenvalue weighted by Crippen LogP contribution is 2.25. The average Bonchev–Trinajstić information content (AvgIpc) is 2.75. The maximum atomic E-state index is 12.4. The lowest BCUT2D eigenvalue weighted by atomic mass is 9.91. The van der Waals surface area contributed by atoms with Crippen LogP contribution in [0.15, 0.2) is 54.6 Å². The van der Waals surface area contributed by atoms with Gasteiger partial charge in [-0.05, 0) is 74.6 Å². The van der Waals surface area contributed by atoms with Gasteiger partial charge in [0.25, 0.3) is 5.91 Å². The minimum absolute atomic E-state index is 0.0716. The molecule has 0 saturated heterocycles. The predicted molar refractivity (Wildman–Crippen MR) is 115 cm³/mol. The smallest absolute Gasteiger partial charge is 0.251 e. The van der Waals surface area contributed by atoms with Crippen LogP contribution in [0.4, 0.5) is 5.82 Å². The van der Waals surface area contributed by atoms with Crippen LogP contribution in [-0.2, 0) is 0 Å². The van der Waals surface area contributed by atoms with Crippen molar-refractivity contribution in [2.24, 2.45) is 0 Å². The summed E-state index contributed by atoms with van der Waals surface area (Å²) in [6, 6.07) is 19.7. The Labute approximate surface area is 170 Å². The molecule has 1 fully saturated rings. The van der Waals surface area contributed by atoms with Crippen molar-refractivity contribution in [1.82, 2.24) is 10.3 Å². The largest absolute Gasteiger partial charge is 0.367 e. The van der Waals surface area contributed by atoms with E-state index in [1.54, 1.807) is 24.3 Å². The molecule has 4 rings (SSSR count). The summed E-state index contributed by atoms with van der Waals surface area (Å²) in [6.45, 7) is 2.12. The number of carbonyl (C=O) groups is 1. The maximum Gasteiger partial charge on any atom is 0.251 e. The molecule has 5 nitrogen and oxygen atoms in total. The summed E-state index contributed by atoms with van der Waals surface area (Å²) in [4.78, 5) is 17.2. The molecule has 146 valence electrons. The molecule has 3 aromatic rings. The van der Waals surface area contributed by atoms with E-state index in [0.29, 0.717) is 17.2 Å². The molecule has 0 atom stereocenters. The van der Waals surface area contributed by atoms with E-state index in [0.717, 1.165) is 37.0 Å². The van der Waals surface area contributed by atoms with Gasteiger partial charge < -0.3 is 10.6 Å². The summed E-state index contributed by atoms with van der Waals surface area (Å²) in [5, 5.41) is 16.8. The summed E-state index contributed by atoms with van der Waals surface area (Å²) in [5.74, 6) is 0.851. The van der Waals surface area contributed by atoms with Gasteiger partial charge in [0.1, 0.15) is 5.82 Å². The second-order valence-corrected chi connectivity index (χ2v) is 7.70. The summed E-state index contributed by atoms with van der Waals surface area (Å²) >= 11 is 0. The highest BCUT2D eigenvalue weighted by Gasteiger charge is 2.23. The van der Waals surface area contributed by atoms with E-state index < -0.39 is 0 Å². The Morgan fingerprint density at radius 2 is 1.72 bits per heavy atom. The maximum absolute atomic E-state index is 12.4. The van der Waals surface area contributed by atoms with Crippen LogP contribution in [0.2, 0.25) is 0 Å². The number of nitrogens with one attached hydrogen (secondary N) is 2. The fraction of sp³-hybridized carbons (Fsp3) is 0.292. The summed E-state index contributed by atoms with van der Waals surface area (Å²) < 4.78 is 0. The van der Waals surface area contributed by atoms with Crippen LogP contribution in [0.1, 0.15) is 47.2 Å². The van der Waals surface area contributed by atoms with E-state index in [-0.39, 0.29) is 11.9 Å². The number of nitriles is 1. The van der Waals surface area contributed by atoms with Crippen molar-refractivity contribution in [3.05, 3.63) is 71.3 Å². The number of amides is 1. The number of hydrogen-bond acceptors (Lipinski definition) is 4. The molecule has 2 N–H and O–H groups in total. The first-order valence-electron chi connectivity index (χ1n) is 10.1. The molecule has 1 saturated carbocycles. The topological polar surface area (TPSA) is 77.8 Å². The molecule has 1 aliphatic rings. The van der Waals surface area contributed by atoms with Crippen molar-refractivity contribution in [2.45, 2.75) is 44.7 Å². The molecule has 1 amide bonds. The number of hydrogen-bond donors (Lipinski definition) is 2. The minimum Gasteiger partial charge on any atom is -0.367 e. The minimum atomic E-state index is -0.0716. The molecular formula is C24H24N4O. The van der Waals surface area contributed by atoms with Crippen molar-refractivity contribution in [1.29, 1.82) is 5.26 Å². The van der Waals surface area contributed by atoms with E-state index >= 15 is 0 Å². The Hall–Kier alpha value is -3.39. The standard InChI is InChI=1S/C24H24N4O/c1-16-14-23(28-22-5-3-2-4-21(16)22)26-19-10-12-20(13-11-19)27-24(29)18-8-6-17(15-25)7-9-18/h2-9,14,19-20H,10-13H2,1H3,(H,26,28)(H,27,29)/t19-,20+. The average molecular weight is 384 g/mol. The van der Waals surface area contributed by atoms with Gasteiger partial charge >= 0.3 is 0 Å². The van der Waals surface area contributed by atoms with Gasteiger partial charge in [-0.1, -0.05) is 18.2 Å². The van der Waals surface area contributed by atoms with Crippen LogP contribution in [0.25, 0.3) is 10.9 Å². The van der Waals surface area contributed by atoms with Crippen molar-refractivity contribution in [3.63, 3.8) is 0 Å². The van der Waals surface area contributed by atoms with Crippen LogP contribution in [0.3, 0.4) is 0 Å². The molecule has 0 radical (unpaired) electrons. The fourth-order valence-electron chi connectivity index (χ4n) is 3.98. The number of fused-ring (bicyclic) bond motifs is 1. The summed E-state index contributed by atoms with van der Waals surface area (Å²) in [7, 11) is 0. The Balaban J connectivity index is 1.32. The molecule has 1 heterocycles. The molecule has 29 heavy (non-hydrogen) atoms. The van der Waals surface area contributed by atoms with Crippen LogP contribution in [-0.4, -0.2) is 23.0 Å². The van der Waals surface area contributed by atoms with Crippen LogP contribution in [0.5, 0.6) is 0 Å². The Kier molecular flexibility index (Phi) is 5.44. The third-order valence-corrected chi connectivity index (χ3v) is 5.61. The summed E-state index contributed by atoms with van der Waals surface area (Å²) in [5.41, 5.74) is 3.39. The number of aromatic nitrogens is 1. The highest BCUT2D eigenvalue weighted by atomic mass is 16.1. The zero-order valence-corrected chi connectivity index (χ0v) is 16.5. The van der Waals surface area contributed by atoms with Gasteiger partial charge in [-0.25, -0.2) is 4.98 Å². The number of nitrogens with zero attached hydrogens (tertiary/aromatic N) is 2. The normalized spacial score (nSPS) is 18.8. The molecule has 2 aromatic carbocycles. The second-order valence-electron chi connectivity index (χ2n) is 7.70. The summed E-state index contributed by atoms with van der Waals surface area (Å²) in [6.07, 6.45) is 3.86. The monoisotopic (exact) mass is 384 g/mol. The molecule has 0 bridgehead atoms. The number of pyridine rings is 1. The van der Waals surface area contributed by atoms with Crippen molar-refractivity contribution < 1.29 is 4.79 Å². The molecule has 0 unspecified atom stereocenters. The van der Waals surface area contributed by atoms with Gasteiger partial charge in [-0.2, -0.15) is 5.26 Å². The van der Waals surface area contributed by atoms with Gasteiger partial charge in [-0.15, -0.1) is 0 Å². The second kappa shape index (κ2) is 8.32. The van der Waals surface area contributed by atoms with Crippen LogP contribution >= 0.6 is 0 Å². The Bertz CT molecular complexity index is 1060. The zero-order chi connectivity index (χ0) is 20.2. The number of rotatable bonds is 4. The molecule has 0 aliphatic heterocycles. The van der Waals surface area contributed by atoms with Crippen LogP contribution < -0.4 is 10.6 Å². The zero-order valence-electron chi connectivity index (χ0n) is 16.5. The van der Waals surface area contributed by atoms with Crippen molar-refractivity contribution in [2.75, 3.05) is 5.32 Å². The first-order valence-corrected chi connectivity index (χ1v) is 10.1. The first kappa shape index (κ1) is 18.9. The molecule has 5 heteroatoms. The number of carbonyl (C=O) groups excluding carboxylic acids is 1. The molecule has 1 aromatic heterocycles. The van der Waals surface area contributed by atoms with Gasteiger partial charge in [0.15, 0.2) is 0 Å². The van der Waals surface area contributed by atoms with Crippen molar-refractivity contribution in [3.8, 4) is 6.07 Å². The van der Waals surface area contributed by atoms with Gasteiger partial charge in [-0.3, -0.25) is 4.79 Å². The van der Waals surface area contributed by atoms with E-state index in [9.17, 15) is 4.79 Å². The number of para-hydroxylation sites is 1. The lowest BCUT2D eigenvalue weighted by Crippen LogP contribution is -2.40. The van der Waals surface area contributed by atoms with E-state index in [1.807, 2.05) is 18.2 Å². The lowest BCUT2D eigenvalue weighted by Gasteiger charge is -2.30. The predicted octanol–water partition coefficient (Wildman–Crippen LogP) is 4.57. The van der Waals surface area contributed by atoms with E-state index in [2.05, 4.69) is 35.8 Å². The van der Waals surface area contributed by atoms with Gasteiger partial charge in [0, 0.05) is 23.0 Å². The van der Waals surface area contributed by atoms with E-state index in [1.165, 1.54) is 10.9 Å². The Morgan fingerprint density at radius 1 is 1.03 bits per heavy atom. The molecular weight excluding hydrogens is 360 g/mol. The lowest BCUT2D eigenvalue weighted by molar-refractivity contribution is 0.0926.